The van der Waals surface area contributed by atoms with Crippen LogP contribution in [0, 0.1) is 12.7 Å². The zero-order chi connectivity index (χ0) is 13.8. The quantitative estimate of drug-likeness (QED) is 0.678. The minimum Gasteiger partial charge on any atom is -0.317 e. The molecule has 1 N–H and O–H groups in total. The zero-order valence-corrected chi connectivity index (χ0v) is 10.3. The van der Waals surface area contributed by atoms with Gasteiger partial charge in [-0.25, -0.2) is 4.39 Å². The van der Waals surface area contributed by atoms with Crippen molar-refractivity contribution < 1.29 is 14.0 Å². The maximum atomic E-state index is 13.3. The molecule has 2 rings (SSSR count). The number of carbonyl (C=O) groups is 2. The lowest BCUT2D eigenvalue weighted by atomic mass is 10.1. The molecule has 0 radical (unpaired) electrons. The Bertz CT molecular complexity index is 620. The first-order valence-corrected chi connectivity index (χ1v) is 5.75. The van der Waals surface area contributed by atoms with E-state index in [2.05, 4.69) is 5.32 Å². The normalized spacial score (nSPS) is 10.0. The molecule has 2 aromatic carbocycles. The number of anilines is 1. The Hall–Kier alpha value is -2.49. The SMILES string of the molecule is Cc1ccc(C(=O)C(=O)Nc2ccccc2F)cc1. The van der Waals surface area contributed by atoms with E-state index >= 15 is 0 Å². The fraction of sp³-hybridized carbons (Fsp3) is 0.0667. The first-order chi connectivity index (χ1) is 9.08. The molecule has 4 heteroatoms. The van der Waals surface area contributed by atoms with E-state index in [1.807, 2.05) is 6.92 Å². The van der Waals surface area contributed by atoms with Gasteiger partial charge in [0.05, 0.1) is 5.69 Å². The fourth-order valence-electron chi connectivity index (χ4n) is 1.58. The molecule has 0 bridgehead atoms. The number of hydrogen-bond acceptors (Lipinski definition) is 2. The van der Waals surface area contributed by atoms with Crippen LogP contribution in [-0.2, 0) is 4.79 Å². The van der Waals surface area contributed by atoms with Crippen molar-refractivity contribution in [1.82, 2.24) is 0 Å². The summed E-state index contributed by atoms with van der Waals surface area (Å²) in [4.78, 5) is 23.6. The van der Waals surface area contributed by atoms with Gasteiger partial charge < -0.3 is 5.32 Å². The Labute approximate surface area is 110 Å². The molecule has 96 valence electrons. The molecular weight excluding hydrogens is 245 g/mol. The van der Waals surface area contributed by atoms with Gasteiger partial charge in [-0.3, -0.25) is 9.59 Å². The molecule has 3 nitrogen and oxygen atoms in total. The van der Waals surface area contributed by atoms with Crippen molar-refractivity contribution >= 4 is 17.4 Å². The minimum atomic E-state index is -0.853. The molecule has 2 aromatic rings. The number of hydrogen-bond donors (Lipinski definition) is 1. The van der Waals surface area contributed by atoms with Crippen molar-refractivity contribution in [2.75, 3.05) is 5.32 Å². The van der Waals surface area contributed by atoms with E-state index in [9.17, 15) is 14.0 Å². The Balaban J connectivity index is 2.14. The molecule has 0 aliphatic carbocycles. The number of aryl methyl sites for hydroxylation is 1. The number of Topliss-reactive ketones (excluding diaryl/α,β-unsaturated/α-hetero) is 1. The molecule has 0 aromatic heterocycles. The third-order valence-corrected chi connectivity index (χ3v) is 2.64. The lowest BCUT2D eigenvalue weighted by molar-refractivity contribution is -0.112. The van der Waals surface area contributed by atoms with Gasteiger partial charge in [0.1, 0.15) is 5.82 Å². The Morgan fingerprint density at radius 3 is 2.26 bits per heavy atom. The monoisotopic (exact) mass is 257 g/mol. The van der Waals surface area contributed by atoms with Crippen molar-refractivity contribution in [3.05, 3.63) is 65.5 Å². The van der Waals surface area contributed by atoms with E-state index in [1.54, 1.807) is 30.3 Å². The summed E-state index contributed by atoms with van der Waals surface area (Å²) in [5, 5.41) is 2.26. The van der Waals surface area contributed by atoms with Crippen LogP contribution in [0.1, 0.15) is 15.9 Å². The van der Waals surface area contributed by atoms with Gasteiger partial charge in [-0.05, 0) is 19.1 Å². The summed E-state index contributed by atoms with van der Waals surface area (Å²) in [5.41, 5.74) is 1.26. The van der Waals surface area contributed by atoms with Crippen LogP contribution >= 0.6 is 0 Å². The summed E-state index contributed by atoms with van der Waals surface area (Å²) in [5.74, 6) is -2.12. The van der Waals surface area contributed by atoms with Crippen molar-refractivity contribution in [3.8, 4) is 0 Å². The third kappa shape index (κ3) is 3.04. The largest absolute Gasteiger partial charge is 0.317 e. The molecule has 0 unspecified atom stereocenters. The number of para-hydroxylation sites is 1. The highest BCUT2D eigenvalue weighted by atomic mass is 19.1. The number of benzene rings is 2. The number of nitrogens with one attached hydrogen (secondary N) is 1. The third-order valence-electron chi connectivity index (χ3n) is 2.64. The number of amides is 1. The lowest BCUT2D eigenvalue weighted by Gasteiger charge is -2.05. The van der Waals surface area contributed by atoms with E-state index in [1.165, 1.54) is 18.2 Å². The predicted octanol–water partition coefficient (Wildman–Crippen LogP) is 2.96. The molecular formula is C15H12FNO2. The van der Waals surface area contributed by atoms with Gasteiger partial charge in [-0.1, -0.05) is 42.0 Å². The molecule has 0 saturated heterocycles. The molecule has 0 saturated carbocycles. The molecule has 0 spiro atoms. The van der Waals surface area contributed by atoms with Crippen molar-refractivity contribution in [2.45, 2.75) is 6.92 Å². The first kappa shape index (κ1) is 13.0. The minimum absolute atomic E-state index is 0.00652. The van der Waals surface area contributed by atoms with E-state index in [0.29, 0.717) is 0 Å². The Morgan fingerprint density at radius 2 is 1.63 bits per heavy atom. The molecule has 0 atom stereocenters. The molecule has 0 fully saturated rings. The highest BCUT2D eigenvalue weighted by Crippen LogP contribution is 2.13. The number of ketones is 1. The van der Waals surface area contributed by atoms with Crippen molar-refractivity contribution in [3.63, 3.8) is 0 Å². The van der Waals surface area contributed by atoms with Gasteiger partial charge in [-0.15, -0.1) is 0 Å². The van der Waals surface area contributed by atoms with Crippen LogP contribution in [0.4, 0.5) is 10.1 Å². The number of halogens is 1. The van der Waals surface area contributed by atoms with E-state index in [4.69, 9.17) is 0 Å². The van der Waals surface area contributed by atoms with Gasteiger partial charge in [-0.2, -0.15) is 0 Å². The summed E-state index contributed by atoms with van der Waals surface area (Å²) in [7, 11) is 0. The van der Waals surface area contributed by atoms with Crippen LogP contribution in [0.15, 0.2) is 48.5 Å². The summed E-state index contributed by atoms with van der Waals surface area (Å²) >= 11 is 0. The van der Waals surface area contributed by atoms with Gasteiger partial charge in [0.15, 0.2) is 0 Å². The Kier molecular flexibility index (Phi) is 3.71. The first-order valence-electron chi connectivity index (χ1n) is 5.75. The second-order valence-corrected chi connectivity index (χ2v) is 4.13. The van der Waals surface area contributed by atoms with Crippen LogP contribution in [-0.4, -0.2) is 11.7 Å². The topological polar surface area (TPSA) is 46.2 Å². The van der Waals surface area contributed by atoms with Gasteiger partial charge in [0.25, 0.3) is 11.7 Å². The van der Waals surface area contributed by atoms with E-state index in [0.717, 1.165) is 5.56 Å². The van der Waals surface area contributed by atoms with Crippen LogP contribution in [0.5, 0.6) is 0 Å². The van der Waals surface area contributed by atoms with Gasteiger partial charge in [0.2, 0.25) is 0 Å². The highest BCUT2D eigenvalue weighted by Gasteiger charge is 2.17. The predicted molar refractivity (Wildman–Crippen MR) is 70.5 cm³/mol. The van der Waals surface area contributed by atoms with Gasteiger partial charge in [0, 0.05) is 5.56 Å². The number of rotatable bonds is 3. The van der Waals surface area contributed by atoms with Gasteiger partial charge >= 0.3 is 0 Å². The average molecular weight is 257 g/mol. The summed E-state index contributed by atoms with van der Waals surface area (Å²) in [6.45, 7) is 1.88. The smallest absolute Gasteiger partial charge is 0.296 e. The van der Waals surface area contributed by atoms with Crippen molar-refractivity contribution in [1.29, 1.82) is 0 Å². The molecule has 1 amide bonds. The summed E-state index contributed by atoms with van der Waals surface area (Å²) in [6.07, 6.45) is 0. The van der Waals surface area contributed by atoms with Crippen LogP contribution in [0.3, 0.4) is 0 Å². The molecule has 0 aliphatic heterocycles. The maximum Gasteiger partial charge on any atom is 0.296 e. The number of carbonyl (C=O) groups excluding carboxylic acids is 2. The lowest BCUT2D eigenvalue weighted by Crippen LogP contribution is -2.23. The standard InChI is InChI=1S/C15H12FNO2/c1-10-6-8-11(9-7-10)14(18)15(19)17-13-5-3-2-4-12(13)16/h2-9H,1H3,(H,17,19). The second-order valence-electron chi connectivity index (χ2n) is 4.13. The summed E-state index contributed by atoms with van der Waals surface area (Å²) < 4.78 is 13.3. The molecule has 19 heavy (non-hydrogen) atoms. The molecule has 0 aliphatic rings. The van der Waals surface area contributed by atoms with E-state index < -0.39 is 17.5 Å². The Morgan fingerprint density at radius 1 is 1.00 bits per heavy atom. The van der Waals surface area contributed by atoms with Crippen molar-refractivity contribution in [2.24, 2.45) is 0 Å². The molecule has 0 heterocycles. The second kappa shape index (κ2) is 5.44. The highest BCUT2D eigenvalue weighted by molar-refractivity contribution is 6.46. The van der Waals surface area contributed by atoms with Crippen LogP contribution < -0.4 is 5.32 Å². The average Bonchev–Trinajstić information content (AvgIpc) is 2.41. The summed E-state index contributed by atoms with van der Waals surface area (Å²) in [6, 6.07) is 12.3. The van der Waals surface area contributed by atoms with E-state index in [-0.39, 0.29) is 11.3 Å². The zero-order valence-electron chi connectivity index (χ0n) is 10.3. The van der Waals surface area contributed by atoms with Crippen LogP contribution in [0.2, 0.25) is 0 Å². The van der Waals surface area contributed by atoms with Crippen LogP contribution in [0.25, 0.3) is 0 Å². The fourth-order valence-corrected chi connectivity index (χ4v) is 1.58. The maximum absolute atomic E-state index is 13.3.